The average Bonchev–Trinajstić information content (AvgIpc) is 3.20. The van der Waals surface area contributed by atoms with Crippen LogP contribution >= 0.6 is 23.2 Å². The molecule has 3 rings (SSSR count). The third kappa shape index (κ3) is 5.66. The van der Waals surface area contributed by atoms with E-state index in [1.54, 1.807) is 37.4 Å². The zero-order chi connectivity index (χ0) is 20.8. The summed E-state index contributed by atoms with van der Waals surface area (Å²) in [6.07, 6.45) is 0.864. The van der Waals surface area contributed by atoms with Gasteiger partial charge in [0.1, 0.15) is 0 Å². The van der Waals surface area contributed by atoms with E-state index in [1.165, 1.54) is 0 Å². The van der Waals surface area contributed by atoms with Crippen molar-refractivity contribution in [1.29, 1.82) is 0 Å². The SMILES string of the molecule is CNC(=O)CCc1ccc(NC(=O)Nc2cc(Cl)cc(Cl)c2)c(-c2nn[nH]n2)c1. The number of hydrogen-bond donors (Lipinski definition) is 4. The molecule has 0 saturated heterocycles. The van der Waals surface area contributed by atoms with Gasteiger partial charge < -0.3 is 16.0 Å². The van der Waals surface area contributed by atoms with E-state index >= 15 is 0 Å². The van der Waals surface area contributed by atoms with E-state index < -0.39 is 6.03 Å². The number of carbonyl (C=O) groups is 2. The number of rotatable bonds is 6. The van der Waals surface area contributed by atoms with Crippen LogP contribution in [0.4, 0.5) is 16.2 Å². The van der Waals surface area contributed by atoms with Gasteiger partial charge in [-0.15, -0.1) is 10.2 Å². The van der Waals surface area contributed by atoms with Crippen LogP contribution in [-0.2, 0) is 11.2 Å². The van der Waals surface area contributed by atoms with Gasteiger partial charge in [-0.2, -0.15) is 5.21 Å². The molecule has 0 saturated carbocycles. The topological polar surface area (TPSA) is 125 Å². The maximum absolute atomic E-state index is 12.4. The van der Waals surface area contributed by atoms with Crippen molar-refractivity contribution >= 4 is 46.5 Å². The summed E-state index contributed by atoms with van der Waals surface area (Å²) >= 11 is 11.9. The summed E-state index contributed by atoms with van der Waals surface area (Å²) in [5.41, 5.74) is 2.37. The summed E-state index contributed by atoms with van der Waals surface area (Å²) in [6.45, 7) is 0. The summed E-state index contributed by atoms with van der Waals surface area (Å²) in [6, 6.07) is 9.57. The van der Waals surface area contributed by atoms with Crippen LogP contribution in [0.25, 0.3) is 11.4 Å². The molecule has 0 spiro atoms. The largest absolute Gasteiger partial charge is 0.359 e. The highest BCUT2D eigenvalue weighted by Gasteiger charge is 2.14. The quantitative estimate of drug-likeness (QED) is 0.473. The molecule has 3 aromatic rings. The molecule has 1 aromatic heterocycles. The second-order valence-electron chi connectivity index (χ2n) is 6.03. The van der Waals surface area contributed by atoms with Gasteiger partial charge in [-0.3, -0.25) is 4.79 Å². The molecule has 0 aliphatic carbocycles. The lowest BCUT2D eigenvalue weighted by Crippen LogP contribution is -2.20. The zero-order valence-electron chi connectivity index (χ0n) is 15.3. The Bertz CT molecular complexity index is 1000. The number of aromatic nitrogens is 4. The molecule has 3 amide bonds. The van der Waals surface area contributed by atoms with E-state index in [0.29, 0.717) is 45.6 Å². The molecule has 29 heavy (non-hydrogen) atoms. The Hall–Kier alpha value is -3.17. The first-order valence-electron chi connectivity index (χ1n) is 8.56. The number of hydrogen-bond acceptors (Lipinski definition) is 5. The number of nitrogens with zero attached hydrogens (tertiary/aromatic N) is 3. The standard InChI is InChI=1S/C18H17Cl2N7O2/c1-21-16(28)5-3-10-2-4-15(14(6-10)17-24-26-27-25-17)23-18(29)22-13-8-11(19)7-12(20)9-13/h2,4,6-9H,3,5H2,1H3,(H,21,28)(H2,22,23,29)(H,24,25,26,27). The molecule has 2 aromatic carbocycles. The van der Waals surface area contributed by atoms with Crippen molar-refractivity contribution in [3.05, 3.63) is 52.0 Å². The molecule has 0 unspecified atom stereocenters. The summed E-state index contributed by atoms with van der Waals surface area (Å²) in [5.74, 6) is 0.251. The van der Waals surface area contributed by atoms with Crippen LogP contribution in [-0.4, -0.2) is 39.6 Å². The summed E-state index contributed by atoms with van der Waals surface area (Å²) in [7, 11) is 1.59. The number of urea groups is 1. The van der Waals surface area contributed by atoms with Crippen molar-refractivity contribution < 1.29 is 9.59 Å². The smallest absolute Gasteiger partial charge is 0.323 e. The number of aryl methyl sites for hydroxylation is 1. The van der Waals surface area contributed by atoms with Crippen LogP contribution in [0.5, 0.6) is 0 Å². The molecular formula is C18H17Cl2N7O2. The molecule has 1 heterocycles. The molecule has 9 nitrogen and oxygen atoms in total. The number of anilines is 2. The van der Waals surface area contributed by atoms with Gasteiger partial charge >= 0.3 is 6.03 Å². The molecule has 0 radical (unpaired) electrons. The van der Waals surface area contributed by atoms with Crippen LogP contribution in [0.3, 0.4) is 0 Å². The first-order valence-corrected chi connectivity index (χ1v) is 9.31. The van der Waals surface area contributed by atoms with Gasteiger partial charge in [-0.25, -0.2) is 4.79 Å². The highest BCUT2D eigenvalue weighted by atomic mass is 35.5. The summed E-state index contributed by atoms with van der Waals surface area (Å²) < 4.78 is 0. The van der Waals surface area contributed by atoms with Crippen molar-refractivity contribution in [2.75, 3.05) is 17.7 Å². The normalized spacial score (nSPS) is 10.4. The number of aromatic amines is 1. The Labute approximate surface area is 176 Å². The predicted octanol–water partition coefficient (Wildman–Crippen LogP) is 3.50. The summed E-state index contributed by atoms with van der Waals surface area (Å²) in [4.78, 5) is 23.9. The number of nitrogens with one attached hydrogen (secondary N) is 4. The fraction of sp³-hybridized carbons (Fsp3) is 0.167. The molecule has 0 aliphatic rings. The minimum atomic E-state index is -0.494. The third-order valence-corrected chi connectivity index (χ3v) is 4.39. The van der Waals surface area contributed by atoms with Crippen LogP contribution in [0.1, 0.15) is 12.0 Å². The van der Waals surface area contributed by atoms with Gasteiger partial charge in [0.2, 0.25) is 11.7 Å². The van der Waals surface area contributed by atoms with E-state index in [1.807, 2.05) is 6.07 Å². The molecule has 150 valence electrons. The first kappa shape index (κ1) is 20.6. The van der Waals surface area contributed by atoms with E-state index in [0.717, 1.165) is 5.56 Å². The monoisotopic (exact) mass is 433 g/mol. The Morgan fingerprint density at radius 3 is 2.48 bits per heavy atom. The van der Waals surface area contributed by atoms with Crippen molar-refractivity contribution in [1.82, 2.24) is 25.9 Å². The molecular weight excluding hydrogens is 417 g/mol. The predicted molar refractivity (Wildman–Crippen MR) is 111 cm³/mol. The van der Waals surface area contributed by atoms with E-state index in [-0.39, 0.29) is 5.91 Å². The molecule has 0 fully saturated rings. The fourth-order valence-electron chi connectivity index (χ4n) is 2.61. The lowest BCUT2D eigenvalue weighted by molar-refractivity contribution is -0.120. The Morgan fingerprint density at radius 2 is 1.83 bits per heavy atom. The Balaban J connectivity index is 1.80. The fourth-order valence-corrected chi connectivity index (χ4v) is 3.14. The van der Waals surface area contributed by atoms with Crippen LogP contribution in [0.2, 0.25) is 10.0 Å². The number of carbonyl (C=O) groups excluding carboxylic acids is 2. The van der Waals surface area contributed by atoms with Crippen molar-refractivity contribution in [3.8, 4) is 11.4 Å². The van der Waals surface area contributed by atoms with Gasteiger partial charge in [-0.05, 0) is 47.5 Å². The van der Waals surface area contributed by atoms with Crippen molar-refractivity contribution in [2.45, 2.75) is 12.8 Å². The van der Waals surface area contributed by atoms with Gasteiger partial charge in [0.25, 0.3) is 0 Å². The van der Waals surface area contributed by atoms with Crippen molar-refractivity contribution in [3.63, 3.8) is 0 Å². The minimum Gasteiger partial charge on any atom is -0.359 e. The van der Waals surface area contributed by atoms with E-state index in [2.05, 4.69) is 36.6 Å². The second kappa shape index (κ2) is 9.35. The molecule has 0 bridgehead atoms. The van der Waals surface area contributed by atoms with E-state index in [9.17, 15) is 9.59 Å². The van der Waals surface area contributed by atoms with Crippen molar-refractivity contribution in [2.24, 2.45) is 0 Å². The lowest BCUT2D eigenvalue weighted by atomic mass is 10.0. The third-order valence-electron chi connectivity index (χ3n) is 3.96. The molecule has 0 atom stereocenters. The van der Waals surface area contributed by atoms with Crippen LogP contribution < -0.4 is 16.0 Å². The lowest BCUT2D eigenvalue weighted by Gasteiger charge is -2.12. The number of benzene rings is 2. The Kier molecular flexibility index (Phi) is 6.63. The zero-order valence-corrected chi connectivity index (χ0v) is 16.8. The molecule has 4 N–H and O–H groups in total. The van der Waals surface area contributed by atoms with Gasteiger partial charge in [0, 0.05) is 34.8 Å². The number of halogens is 2. The highest BCUT2D eigenvalue weighted by Crippen LogP contribution is 2.27. The average molecular weight is 434 g/mol. The molecule has 0 aliphatic heterocycles. The van der Waals surface area contributed by atoms with Gasteiger partial charge in [0.05, 0.1) is 5.69 Å². The minimum absolute atomic E-state index is 0.0622. The van der Waals surface area contributed by atoms with Crippen LogP contribution in [0.15, 0.2) is 36.4 Å². The van der Waals surface area contributed by atoms with Gasteiger partial charge in [-0.1, -0.05) is 29.3 Å². The second-order valence-corrected chi connectivity index (χ2v) is 6.90. The van der Waals surface area contributed by atoms with Crippen LogP contribution in [0, 0.1) is 0 Å². The number of amides is 3. The first-order chi connectivity index (χ1) is 13.9. The van der Waals surface area contributed by atoms with Gasteiger partial charge in [0.15, 0.2) is 0 Å². The number of H-pyrrole nitrogens is 1. The Morgan fingerprint density at radius 1 is 1.07 bits per heavy atom. The maximum Gasteiger partial charge on any atom is 0.323 e. The van der Waals surface area contributed by atoms with E-state index in [4.69, 9.17) is 23.2 Å². The highest BCUT2D eigenvalue weighted by molar-refractivity contribution is 6.35. The maximum atomic E-state index is 12.4. The number of tetrazole rings is 1. The summed E-state index contributed by atoms with van der Waals surface area (Å²) in [5, 5.41) is 22.7. The molecule has 11 heteroatoms.